The number of esters is 1. The number of carbonyl (C=O) groups is 1. The fraction of sp³-hybridized carbons (Fsp3) is 0.316. The van der Waals surface area contributed by atoms with Gasteiger partial charge in [0, 0.05) is 19.2 Å². The summed E-state index contributed by atoms with van der Waals surface area (Å²) in [7, 11) is 1.76. The zero-order chi connectivity index (χ0) is 26.7. The van der Waals surface area contributed by atoms with Gasteiger partial charge in [-0.3, -0.25) is 9.36 Å². The third-order valence-electron chi connectivity index (χ3n) is 4.14. The molecule has 0 aliphatic heterocycles. The number of carbonyl (C=O) groups excluding carboxylic acids is 1. The van der Waals surface area contributed by atoms with Crippen LogP contribution in [0.3, 0.4) is 0 Å². The molecule has 0 saturated heterocycles. The third-order valence-corrected chi connectivity index (χ3v) is 4.44. The van der Waals surface area contributed by atoms with Gasteiger partial charge in [-0.05, 0) is 6.07 Å². The molecule has 0 atom stereocenters. The highest BCUT2D eigenvalue weighted by Gasteiger charge is 2.35. The minimum atomic E-state index is -5.04. The average Bonchev–Trinajstić information content (AvgIpc) is 2.73. The Morgan fingerprint density at radius 3 is 2.29 bits per heavy atom. The number of hydrogen-bond donors (Lipinski definition) is 0. The summed E-state index contributed by atoms with van der Waals surface area (Å²) < 4.78 is 104. The molecule has 0 radical (unpaired) electrons. The molecule has 0 aliphatic rings. The molecule has 192 valence electrons. The van der Waals surface area contributed by atoms with Crippen molar-refractivity contribution in [2.75, 3.05) is 20.3 Å². The smallest absolute Gasteiger partial charge is 0.431 e. The van der Waals surface area contributed by atoms with Crippen LogP contribution in [0.2, 0.25) is 5.02 Å². The van der Waals surface area contributed by atoms with Crippen molar-refractivity contribution < 1.29 is 49.7 Å². The first-order chi connectivity index (χ1) is 16.0. The fourth-order valence-electron chi connectivity index (χ4n) is 2.55. The molecule has 0 amide bonds. The maximum Gasteiger partial charge on any atom is 0.431 e. The van der Waals surface area contributed by atoms with E-state index < -0.39 is 70.8 Å². The van der Waals surface area contributed by atoms with Gasteiger partial charge in [0.15, 0.2) is 6.61 Å². The molecular weight excluding hydrogens is 521 g/mol. The molecule has 1 aromatic heterocycles. The van der Waals surface area contributed by atoms with Crippen LogP contribution in [-0.4, -0.2) is 41.6 Å². The van der Waals surface area contributed by atoms with E-state index in [-0.39, 0.29) is 21.0 Å². The molecule has 16 heteroatoms. The summed E-state index contributed by atoms with van der Waals surface area (Å²) in [4.78, 5) is 36.1. The molecular formula is C19H14ClF7N2O6. The number of aromatic nitrogens is 2. The molecule has 0 saturated carbocycles. The van der Waals surface area contributed by atoms with Crippen molar-refractivity contribution in [3.63, 3.8) is 0 Å². The van der Waals surface area contributed by atoms with E-state index in [4.69, 9.17) is 21.1 Å². The summed E-state index contributed by atoms with van der Waals surface area (Å²) in [6.07, 6.45) is -9.28. The van der Waals surface area contributed by atoms with Gasteiger partial charge in [0.05, 0.1) is 23.9 Å². The molecule has 0 bridgehead atoms. The Hall–Kier alpha value is -3.49. The zero-order valence-electron chi connectivity index (χ0n) is 17.6. The maximum atomic E-state index is 14.5. The van der Waals surface area contributed by atoms with E-state index in [2.05, 4.69) is 4.74 Å². The molecule has 0 aliphatic carbocycles. The van der Waals surface area contributed by atoms with E-state index in [0.717, 1.165) is 20.2 Å². The Balaban J connectivity index is 2.40. The van der Waals surface area contributed by atoms with E-state index in [1.165, 1.54) is 0 Å². The van der Waals surface area contributed by atoms with Gasteiger partial charge < -0.3 is 14.2 Å². The van der Waals surface area contributed by atoms with Gasteiger partial charge in [-0.1, -0.05) is 11.6 Å². The van der Waals surface area contributed by atoms with Gasteiger partial charge in [-0.15, -0.1) is 0 Å². The van der Waals surface area contributed by atoms with Crippen LogP contribution in [0.15, 0.2) is 39.6 Å². The SMILES string of the molecule is COC(=CC(=O)OCC(F)(F)F)COc1cc(-n2c(=O)cc(C(F)(F)F)n(C)c2=O)c(F)cc1Cl. The lowest BCUT2D eigenvalue weighted by Crippen LogP contribution is -2.41. The highest BCUT2D eigenvalue weighted by molar-refractivity contribution is 6.32. The summed E-state index contributed by atoms with van der Waals surface area (Å²) in [6, 6.07) is 1.42. The van der Waals surface area contributed by atoms with Crippen molar-refractivity contribution in [1.29, 1.82) is 0 Å². The summed E-state index contributed by atoms with van der Waals surface area (Å²) in [6.45, 7) is -2.52. The summed E-state index contributed by atoms with van der Waals surface area (Å²) >= 11 is 5.86. The number of nitrogens with zero attached hydrogens (tertiary/aromatic N) is 2. The van der Waals surface area contributed by atoms with Crippen LogP contribution in [0.25, 0.3) is 5.69 Å². The Morgan fingerprint density at radius 1 is 1.11 bits per heavy atom. The third kappa shape index (κ3) is 7.00. The Morgan fingerprint density at radius 2 is 1.74 bits per heavy atom. The first kappa shape index (κ1) is 27.8. The van der Waals surface area contributed by atoms with Crippen molar-refractivity contribution in [2.45, 2.75) is 12.4 Å². The van der Waals surface area contributed by atoms with Crippen molar-refractivity contribution >= 4 is 17.6 Å². The van der Waals surface area contributed by atoms with E-state index in [1.807, 2.05) is 0 Å². The normalized spacial score (nSPS) is 12.5. The van der Waals surface area contributed by atoms with E-state index in [9.17, 15) is 45.1 Å². The number of rotatable bonds is 7. The number of ether oxygens (including phenoxy) is 3. The van der Waals surface area contributed by atoms with Crippen molar-refractivity contribution in [3.8, 4) is 11.4 Å². The van der Waals surface area contributed by atoms with Crippen LogP contribution < -0.4 is 16.0 Å². The summed E-state index contributed by atoms with van der Waals surface area (Å²) in [5.74, 6) is -3.46. The molecule has 0 unspecified atom stereocenters. The van der Waals surface area contributed by atoms with E-state index in [1.54, 1.807) is 0 Å². The number of alkyl halides is 6. The molecule has 2 aromatic rings. The van der Waals surface area contributed by atoms with Gasteiger partial charge in [-0.25, -0.2) is 18.5 Å². The first-order valence-corrected chi connectivity index (χ1v) is 9.43. The van der Waals surface area contributed by atoms with Gasteiger partial charge in [0.25, 0.3) is 5.56 Å². The average molecular weight is 535 g/mol. The zero-order valence-corrected chi connectivity index (χ0v) is 18.3. The first-order valence-electron chi connectivity index (χ1n) is 9.05. The lowest BCUT2D eigenvalue weighted by molar-refractivity contribution is -0.182. The fourth-order valence-corrected chi connectivity index (χ4v) is 2.76. The second-order valence-corrected chi connectivity index (χ2v) is 7.01. The maximum absolute atomic E-state index is 14.5. The highest BCUT2D eigenvalue weighted by Crippen LogP contribution is 2.30. The monoisotopic (exact) mass is 534 g/mol. The minimum Gasteiger partial charge on any atom is -0.497 e. The number of methoxy groups -OCH3 is 1. The van der Waals surface area contributed by atoms with E-state index in [0.29, 0.717) is 12.1 Å². The largest absolute Gasteiger partial charge is 0.497 e. The molecule has 0 spiro atoms. The van der Waals surface area contributed by atoms with Gasteiger partial charge in [0.1, 0.15) is 29.6 Å². The number of halogens is 8. The lowest BCUT2D eigenvalue weighted by atomic mass is 10.2. The molecule has 1 aromatic carbocycles. The molecule has 2 rings (SSSR count). The van der Waals surface area contributed by atoms with E-state index >= 15 is 0 Å². The quantitative estimate of drug-likeness (QED) is 0.234. The Labute approximate surface area is 195 Å². The lowest BCUT2D eigenvalue weighted by Gasteiger charge is -2.16. The van der Waals surface area contributed by atoms with Crippen LogP contribution in [0, 0.1) is 5.82 Å². The second-order valence-electron chi connectivity index (χ2n) is 6.60. The molecule has 35 heavy (non-hydrogen) atoms. The van der Waals surface area contributed by atoms with Crippen molar-refractivity contribution in [3.05, 3.63) is 67.4 Å². The highest BCUT2D eigenvalue weighted by atomic mass is 35.5. The summed E-state index contributed by atoms with van der Waals surface area (Å²) in [5.41, 5.74) is -5.41. The number of benzene rings is 1. The molecule has 8 nitrogen and oxygen atoms in total. The number of hydrogen-bond acceptors (Lipinski definition) is 6. The predicted molar refractivity (Wildman–Crippen MR) is 105 cm³/mol. The van der Waals surface area contributed by atoms with Crippen LogP contribution in [-0.2, 0) is 27.5 Å². The molecule has 0 fully saturated rings. The van der Waals surface area contributed by atoms with Crippen LogP contribution >= 0.6 is 11.6 Å². The van der Waals surface area contributed by atoms with Crippen LogP contribution in [0.5, 0.6) is 5.75 Å². The van der Waals surface area contributed by atoms with Crippen molar-refractivity contribution in [2.24, 2.45) is 7.05 Å². The molecule has 1 heterocycles. The molecule has 0 N–H and O–H groups in total. The second kappa shape index (κ2) is 10.4. The van der Waals surface area contributed by atoms with Crippen LogP contribution in [0.4, 0.5) is 30.7 Å². The Kier molecular flexibility index (Phi) is 8.26. The van der Waals surface area contributed by atoms with Gasteiger partial charge in [0.2, 0.25) is 0 Å². The topological polar surface area (TPSA) is 88.8 Å². The predicted octanol–water partition coefficient (Wildman–Crippen LogP) is 3.36. The van der Waals surface area contributed by atoms with Crippen LogP contribution in [0.1, 0.15) is 5.69 Å². The minimum absolute atomic E-state index is 0.0916. The van der Waals surface area contributed by atoms with Gasteiger partial charge >= 0.3 is 24.0 Å². The van der Waals surface area contributed by atoms with Gasteiger partial charge in [-0.2, -0.15) is 26.3 Å². The standard InChI is InChI=1S/C19H14ClF7N2O6/c1-28-14(19(25,26)27)6-15(30)29(17(28)32)12-5-13(10(20)4-11(12)21)34-7-9(33-2)3-16(31)35-8-18(22,23)24/h3-6H,7-8H2,1-2H3. The Bertz CT molecular complexity index is 1260. The van der Waals surface area contributed by atoms with Crippen molar-refractivity contribution in [1.82, 2.24) is 9.13 Å². The summed E-state index contributed by atoms with van der Waals surface area (Å²) in [5, 5.41) is -0.418.